The van der Waals surface area contributed by atoms with Crippen molar-refractivity contribution in [3.8, 4) is 5.75 Å². The molecular weight excluding hydrogens is 198 g/mol. The van der Waals surface area contributed by atoms with Crippen LogP contribution < -0.4 is 10.1 Å². The zero-order chi connectivity index (χ0) is 11.2. The number of fused-ring (bicyclic) bond motifs is 4. The van der Waals surface area contributed by atoms with Crippen LogP contribution in [-0.2, 0) is 11.8 Å². The summed E-state index contributed by atoms with van der Waals surface area (Å²) in [4.78, 5) is 0. The van der Waals surface area contributed by atoms with Crippen LogP contribution >= 0.6 is 0 Å². The van der Waals surface area contributed by atoms with Crippen LogP contribution in [0.5, 0.6) is 5.75 Å². The van der Waals surface area contributed by atoms with Crippen molar-refractivity contribution in [1.82, 2.24) is 5.32 Å². The highest BCUT2D eigenvalue weighted by Crippen LogP contribution is 2.44. The maximum atomic E-state index is 5.50. The fourth-order valence-electron chi connectivity index (χ4n) is 3.44. The number of piperidine rings is 1. The molecule has 0 radical (unpaired) electrons. The Labute approximate surface area is 97.0 Å². The van der Waals surface area contributed by atoms with Crippen LogP contribution in [0.3, 0.4) is 0 Å². The van der Waals surface area contributed by atoms with Crippen molar-refractivity contribution in [2.75, 3.05) is 13.7 Å². The van der Waals surface area contributed by atoms with Gasteiger partial charge in [0.05, 0.1) is 7.11 Å². The average molecular weight is 217 g/mol. The molecule has 0 aromatic heterocycles. The molecule has 2 atom stereocenters. The minimum atomic E-state index is 0.359. The van der Waals surface area contributed by atoms with E-state index >= 15 is 0 Å². The molecule has 3 rings (SSSR count). The van der Waals surface area contributed by atoms with Crippen molar-refractivity contribution >= 4 is 0 Å². The Morgan fingerprint density at radius 1 is 1.44 bits per heavy atom. The smallest absolute Gasteiger partial charge is 0.122 e. The molecule has 1 aromatic carbocycles. The molecule has 1 aliphatic carbocycles. The molecule has 0 spiro atoms. The summed E-state index contributed by atoms with van der Waals surface area (Å²) in [5.41, 5.74) is 3.30. The van der Waals surface area contributed by atoms with Crippen molar-refractivity contribution in [2.45, 2.75) is 37.6 Å². The van der Waals surface area contributed by atoms with Crippen LogP contribution in [0.25, 0.3) is 0 Å². The predicted molar refractivity (Wildman–Crippen MR) is 65.1 cm³/mol. The Morgan fingerprint density at radius 2 is 2.31 bits per heavy atom. The quantitative estimate of drug-likeness (QED) is 0.779. The largest absolute Gasteiger partial charge is 0.496 e. The maximum Gasteiger partial charge on any atom is 0.122 e. The predicted octanol–water partition coefficient (Wildman–Crippen LogP) is 2.26. The number of benzene rings is 1. The van der Waals surface area contributed by atoms with E-state index in [0.29, 0.717) is 11.5 Å². The molecule has 16 heavy (non-hydrogen) atoms. The molecule has 0 saturated carbocycles. The summed E-state index contributed by atoms with van der Waals surface area (Å²) in [7, 11) is 1.77. The summed E-state index contributed by atoms with van der Waals surface area (Å²) >= 11 is 0. The zero-order valence-electron chi connectivity index (χ0n) is 10.0. The molecule has 2 aliphatic rings. The summed E-state index contributed by atoms with van der Waals surface area (Å²) in [6, 6.07) is 7.15. The molecular formula is C14H19NO. The third-order valence-electron chi connectivity index (χ3n) is 4.26. The zero-order valence-corrected chi connectivity index (χ0v) is 10.0. The fourth-order valence-corrected chi connectivity index (χ4v) is 3.44. The van der Waals surface area contributed by atoms with E-state index < -0.39 is 0 Å². The van der Waals surface area contributed by atoms with Gasteiger partial charge in [-0.15, -0.1) is 0 Å². The second kappa shape index (κ2) is 3.49. The van der Waals surface area contributed by atoms with Gasteiger partial charge in [-0.05, 0) is 48.4 Å². The van der Waals surface area contributed by atoms with E-state index in [9.17, 15) is 0 Å². The molecule has 1 aliphatic heterocycles. The van der Waals surface area contributed by atoms with E-state index in [0.717, 1.165) is 18.7 Å². The average Bonchev–Trinajstić information content (AvgIpc) is 2.28. The molecule has 1 N–H and O–H groups in total. The number of hydrogen-bond acceptors (Lipinski definition) is 2. The Hall–Kier alpha value is -1.02. The van der Waals surface area contributed by atoms with Crippen LogP contribution in [-0.4, -0.2) is 19.7 Å². The second-order valence-corrected chi connectivity index (χ2v) is 5.36. The highest BCUT2D eigenvalue weighted by molar-refractivity contribution is 5.47. The molecule has 2 nitrogen and oxygen atoms in total. The second-order valence-electron chi connectivity index (χ2n) is 5.36. The van der Waals surface area contributed by atoms with Gasteiger partial charge in [0.1, 0.15) is 5.75 Å². The summed E-state index contributed by atoms with van der Waals surface area (Å²) in [6.45, 7) is 3.55. The van der Waals surface area contributed by atoms with Crippen LogP contribution in [0.1, 0.15) is 30.9 Å². The first-order valence-electron chi connectivity index (χ1n) is 6.13. The minimum Gasteiger partial charge on any atom is -0.496 e. The molecule has 1 saturated heterocycles. The molecule has 1 aromatic rings. The summed E-state index contributed by atoms with van der Waals surface area (Å²) in [5, 5.41) is 3.61. The summed E-state index contributed by atoms with van der Waals surface area (Å²) in [5.74, 6) is 1.07. The van der Waals surface area contributed by atoms with E-state index in [1.54, 1.807) is 7.11 Å². The van der Waals surface area contributed by atoms with Gasteiger partial charge in [-0.2, -0.15) is 0 Å². The number of methoxy groups -OCH3 is 1. The van der Waals surface area contributed by atoms with Crippen molar-refractivity contribution < 1.29 is 4.74 Å². The number of rotatable bonds is 1. The minimum absolute atomic E-state index is 0.359. The van der Waals surface area contributed by atoms with E-state index in [2.05, 4.69) is 30.4 Å². The van der Waals surface area contributed by atoms with Crippen LogP contribution in [0.15, 0.2) is 18.2 Å². The molecule has 2 unspecified atom stereocenters. The van der Waals surface area contributed by atoms with Gasteiger partial charge in [-0.1, -0.05) is 19.1 Å². The molecule has 0 amide bonds. The van der Waals surface area contributed by atoms with E-state index in [1.165, 1.54) is 24.0 Å². The standard InChI is InChI=1S/C14H19NO/c1-14-6-7-15-10(9-14)8-11-12(14)4-3-5-13(11)16-2/h3-5,10,15H,6-9H2,1-2H3. The Morgan fingerprint density at radius 3 is 3.12 bits per heavy atom. The molecule has 86 valence electrons. The number of ether oxygens (including phenoxy) is 1. The van der Waals surface area contributed by atoms with Gasteiger partial charge in [-0.25, -0.2) is 0 Å². The highest BCUT2D eigenvalue weighted by Gasteiger charge is 2.40. The normalized spacial score (nSPS) is 32.0. The van der Waals surface area contributed by atoms with Crippen LogP contribution in [0, 0.1) is 0 Å². The van der Waals surface area contributed by atoms with E-state index in [1.807, 2.05) is 0 Å². The number of nitrogens with one attached hydrogen (secondary N) is 1. The topological polar surface area (TPSA) is 21.3 Å². The lowest BCUT2D eigenvalue weighted by Gasteiger charge is -2.45. The van der Waals surface area contributed by atoms with Gasteiger partial charge in [0.15, 0.2) is 0 Å². The van der Waals surface area contributed by atoms with E-state index in [4.69, 9.17) is 4.74 Å². The van der Waals surface area contributed by atoms with Gasteiger partial charge >= 0.3 is 0 Å². The van der Waals surface area contributed by atoms with Crippen LogP contribution in [0.2, 0.25) is 0 Å². The monoisotopic (exact) mass is 217 g/mol. The first-order valence-corrected chi connectivity index (χ1v) is 6.13. The lowest BCUT2D eigenvalue weighted by atomic mass is 9.65. The van der Waals surface area contributed by atoms with Gasteiger partial charge in [-0.3, -0.25) is 0 Å². The lowest BCUT2D eigenvalue weighted by Crippen LogP contribution is -2.49. The first-order chi connectivity index (χ1) is 7.73. The first kappa shape index (κ1) is 10.2. The van der Waals surface area contributed by atoms with Gasteiger partial charge in [0.25, 0.3) is 0 Å². The maximum absolute atomic E-state index is 5.50. The Balaban J connectivity index is 2.15. The van der Waals surface area contributed by atoms with Gasteiger partial charge in [0.2, 0.25) is 0 Å². The third-order valence-corrected chi connectivity index (χ3v) is 4.26. The lowest BCUT2D eigenvalue weighted by molar-refractivity contribution is 0.245. The van der Waals surface area contributed by atoms with Crippen LogP contribution in [0.4, 0.5) is 0 Å². The Kier molecular flexibility index (Phi) is 2.21. The van der Waals surface area contributed by atoms with Gasteiger partial charge in [0, 0.05) is 6.04 Å². The SMILES string of the molecule is COc1cccc2c1CC1CC2(C)CCN1. The Bertz CT molecular complexity index is 415. The summed E-state index contributed by atoms with van der Waals surface area (Å²) in [6.07, 6.45) is 3.63. The van der Waals surface area contributed by atoms with Crippen molar-refractivity contribution in [3.63, 3.8) is 0 Å². The van der Waals surface area contributed by atoms with Gasteiger partial charge < -0.3 is 10.1 Å². The fraction of sp³-hybridized carbons (Fsp3) is 0.571. The molecule has 2 heteroatoms. The van der Waals surface area contributed by atoms with Crippen molar-refractivity contribution in [2.24, 2.45) is 0 Å². The molecule has 1 heterocycles. The highest BCUT2D eigenvalue weighted by atomic mass is 16.5. The van der Waals surface area contributed by atoms with Crippen molar-refractivity contribution in [3.05, 3.63) is 29.3 Å². The third kappa shape index (κ3) is 1.36. The molecule has 1 fully saturated rings. The number of hydrogen-bond donors (Lipinski definition) is 1. The van der Waals surface area contributed by atoms with E-state index in [-0.39, 0.29) is 0 Å². The molecule has 2 bridgehead atoms. The summed E-state index contributed by atoms with van der Waals surface area (Å²) < 4.78 is 5.50. The van der Waals surface area contributed by atoms with Crippen molar-refractivity contribution in [1.29, 1.82) is 0 Å².